The monoisotopic (exact) mass is 280 g/mol. The third kappa shape index (κ3) is 2.50. The summed E-state index contributed by atoms with van der Waals surface area (Å²) in [4.78, 5) is 15.4. The van der Waals surface area contributed by atoms with Crippen LogP contribution in [-0.2, 0) is 0 Å². The van der Waals surface area contributed by atoms with Crippen molar-refractivity contribution in [2.45, 2.75) is 6.92 Å². The second kappa shape index (κ2) is 5.36. The highest BCUT2D eigenvalue weighted by Gasteiger charge is 2.12. The second-order valence-corrected chi connectivity index (χ2v) is 4.73. The third-order valence-electron chi connectivity index (χ3n) is 3.31. The Bertz CT molecular complexity index is 771. The van der Waals surface area contributed by atoms with Crippen LogP contribution in [0.1, 0.15) is 5.82 Å². The van der Waals surface area contributed by atoms with Crippen molar-refractivity contribution in [1.82, 2.24) is 15.0 Å². The number of aromatic nitrogens is 3. The van der Waals surface area contributed by atoms with E-state index >= 15 is 0 Å². The Hall–Kier alpha value is -2.69. The number of hydrogen-bond acceptors (Lipinski definition) is 5. The van der Waals surface area contributed by atoms with Gasteiger partial charge in [0.2, 0.25) is 0 Å². The van der Waals surface area contributed by atoms with E-state index in [0.29, 0.717) is 0 Å². The molecule has 1 aromatic carbocycles. The summed E-state index contributed by atoms with van der Waals surface area (Å²) in [5.74, 6) is 3.12. The van der Waals surface area contributed by atoms with E-state index in [0.717, 1.165) is 34.1 Å². The molecule has 0 saturated carbocycles. The van der Waals surface area contributed by atoms with E-state index in [1.807, 2.05) is 55.3 Å². The summed E-state index contributed by atoms with van der Waals surface area (Å²) in [5, 5.41) is 1.00. The van der Waals surface area contributed by atoms with Crippen molar-refractivity contribution in [2.24, 2.45) is 0 Å². The number of benzene rings is 1. The maximum atomic E-state index is 5.14. The fourth-order valence-corrected chi connectivity index (χ4v) is 2.23. The molecule has 0 unspecified atom stereocenters. The molecule has 2 heterocycles. The largest absolute Gasteiger partial charge is 0.495 e. The fourth-order valence-electron chi connectivity index (χ4n) is 2.23. The maximum absolute atomic E-state index is 5.14. The minimum atomic E-state index is 0.732. The Morgan fingerprint density at radius 3 is 2.57 bits per heavy atom. The summed E-state index contributed by atoms with van der Waals surface area (Å²) in [6, 6.07) is 11.8. The van der Waals surface area contributed by atoms with Crippen LogP contribution in [0.15, 0.2) is 42.6 Å². The van der Waals surface area contributed by atoms with E-state index in [1.54, 1.807) is 13.3 Å². The molecule has 0 aliphatic rings. The van der Waals surface area contributed by atoms with Crippen molar-refractivity contribution in [3.05, 3.63) is 48.4 Å². The van der Waals surface area contributed by atoms with Gasteiger partial charge in [-0.1, -0.05) is 12.1 Å². The average molecular weight is 280 g/mol. The topological polar surface area (TPSA) is 51.1 Å². The normalized spacial score (nSPS) is 10.6. The maximum Gasteiger partial charge on any atom is 0.145 e. The number of para-hydroxylation sites is 1. The van der Waals surface area contributed by atoms with Gasteiger partial charge in [0.1, 0.15) is 23.2 Å². The number of fused-ring (bicyclic) bond motifs is 1. The van der Waals surface area contributed by atoms with Crippen LogP contribution < -0.4 is 9.64 Å². The highest BCUT2D eigenvalue weighted by molar-refractivity contribution is 5.91. The Labute approximate surface area is 123 Å². The van der Waals surface area contributed by atoms with Gasteiger partial charge in [-0.15, -0.1) is 0 Å². The van der Waals surface area contributed by atoms with Crippen LogP contribution in [0.4, 0.5) is 11.6 Å². The number of pyridine rings is 1. The van der Waals surface area contributed by atoms with E-state index in [2.05, 4.69) is 15.0 Å². The Balaban J connectivity index is 2.09. The van der Waals surface area contributed by atoms with Gasteiger partial charge in [-0.2, -0.15) is 0 Å². The lowest BCUT2D eigenvalue weighted by Crippen LogP contribution is -2.14. The molecule has 2 aromatic heterocycles. The molecule has 21 heavy (non-hydrogen) atoms. The molecule has 106 valence electrons. The summed E-state index contributed by atoms with van der Waals surface area (Å²) in [6.45, 7) is 1.89. The van der Waals surface area contributed by atoms with Crippen molar-refractivity contribution >= 4 is 22.5 Å². The number of ether oxygens (including phenoxy) is 1. The summed E-state index contributed by atoms with van der Waals surface area (Å²) >= 11 is 0. The average Bonchev–Trinajstić information content (AvgIpc) is 2.53. The standard InChI is InChI=1S/C16H16N4O/c1-11-18-14-7-5-4-6-13(14)16(19-11)20(2)15-9-8-12(21-3)10-17-15/h4-10H,1-3H3. The first-order chi connectivity index (χ1) is 10.2. The first kappa shape index (κ1) is 13.3. The van der Waals surface area contributed by atoms with Gasteiger partial charge in [0.05, 0.1) is 18.8 Å². The van der Waals surface area contributed by atoms with Gasteiger partial charge in [0.15, 0.2) is 0 Å². The number of aryl methyl sites for hydroxylation is 1. The van der Waals surface area contributed by atoms with E-state index < -0.39 is 0 Å². The molecular weight excluding hydrogens is 264 g/mol. The quantitative estimate of drug-likeness (QED) is 0.738. The van der Waals surface area contributed by atoms with Gasteiger partial charge in [0, 0.05) is 12.4 Å². The highest BCUT2D eigenvalue weighted by Crippen LogP contribution is 2.28. The molecule has 3 aromatic rings. The lowest BCUT2D eigenvalue weighted by atomic mass is 10.2. The van der Waals surface area contributed by atoms with Crippen molar-refractivity contribution in [3.63, 3.8) is 0 Å². The lowest BCUT2D eigenvalue weighted by Gasteiger charge is -2.19. The minimum absolute atomic E-state index is 0.732. The molecule has 0 N–H and O–H groups in total. The Morgan fingerprint density at radius 2 is 1.86 bits per heavy atom. The van der Waals surface area contributed by atoms with Crippen molar-refractivity contribution < 1.29 is 4.74 Å². The van der Waals surface area contributed by atoms with Crippen LogP contribution >= 0.6 is 0 Å². The van der Waals surface area contributed by atoms with Crippen molar-refractivity contribution in [2.75, 3.05) is 19.1 Å². The third-order valence-corrected chi connectivity index (χ3v) is 3.31. The van der Waals surface area contributed by atoms with Crippen LogP contribution in [0.2, 0.25) is 0 Å². The van der Waals surface area contributed by atoms with Crippen LogP contribution in [0.5, 0.6) is 5.75 Å². The number of anilines is 2. The zero-order valence-corrected chi connectivity index (χ0v) is 12.2. The highest BCUT2D eigenvalue weighted by atomic mass is 16.5. The molecule has 0 aliphatic heterocycles. The smallest absolute Gasteiger partial charge is 0.145 e. The second-order valence-electron chi connectivity index (χ2n) is 4.73. The molecule has 5 heteroatoms. The van der Waals surface area contributed by atoms with E-state index in [-0.39, 0.29) is 0 Å². The minimum Gasteiger partial charge on any atom is -0.495 e. The molecule has 0 bridgehead atoms. The van der Waals surface area contributed by atoms with Crippen LogP contribution in [0, 0.1) is 6.92 Å². The summed E-state index contributed by atoms with van der Waals surface area (Å²) < 4.78 is 5.14. The van der Waals surface area contributed by atoms with E-state index in [1.165, 1.54) is 0 Å². The zero-order chi connectivity index (χ0) is 14.8. The Kier molecular flexibility index (Phi) is 3.39. The van der Waals surface area contributed by atoms with E-state index in [4.69, 9.17) is 4.74 Å². The van der Waals surface area contributed by atoms with Gasteiger partial charge in [-0.05, 0) is 31.2 Å². The number of hydrogen-bond donors (Lipinski definition) is 0. The zero-order valence-electron chi connectivity index (χ0n) is 12.2. The molecule has 0 radical (unpaired) electrons. The van der Waals surface area contributed by atoms with Gasteiger partial charge in [-0.25, -0.2) is 15.0 Å². The molecule has 5 nitrogen and oxygen atoms in total. The number of nitrogens with zero attached hydrogens (tertiary/aromatic N) is 4. The summed E-state index contributed by atoms with van der Waals surface area (Å²) in [5.41, 5.74) is 0.931. The molecule has 0 aliphatic carbocycles. The predicted molar refractivity (Wildman–Crippen MR) is 83.1 cm³/mol. The van der Waals surface area contributed by atoms with Crippen LogP contribution in [0.3, 0.4) is 0 Å². The lowest BCUT2D eigenvalue weighted by molar-refractivity contribution is 0.413. The van der Waals surface area contributed by atoms with Crippen LogP contribution in [-0.4, -0.2) is 29.1 Å². The van der Waals surface area contributed by atoms with Gasteiger partial charge < -0.3 is 9.64 Å². The predicted octanol–water partition coefficient (Wildman–Crippen LogP) is 3.11. The first-order valence-electron chi connectivity index (χ1n) is 6.66. The van der Waals surface area contributed by atoms with Gasteiger partial charge >= 0.3 is 0 Å². The first-order valence-corrected chi connectivity index (χ1v) is 6.66. The number of methoxy groups -OCH3 is 1. The summed E-state index contributed by atoms with van der Waals surface area (Å²) in [7, 11) is 3.57. The van der Waals surface area contributed by atoms with Gasteiger partial charge in [-0.3, -0.25) is 0 Å². The molecule has 0 saturated heterocycles. The molecule has 0 amide bonds. The van der Waals surface area contributed by atoms with Crippen molar-refractivity contribution in [3.8, 4) is 5.75 Å². The number of rotatable bonds is 3. The van der Waals surface area contributed by atoms with Crippen molar-refractivity contribution in [1.29, 1.82) is 0 Å². The fraction of sp³-hybridized carbons (Fsp3) is 0.188. The molecular formula is C16H16N4O. The van der Waals surface area contributed by atoms with Gasteiger partial charge in [0.25, 0.3) is 0 Å². The van der Waals surface area contributed by atoms with E-state index in [9.17, 15) is 0 Å². The Morgan fingerprint density at radius 1 is 1.05 bits per heavy atom. The molecule has 0 atom stereocenters. The SMILES string of the molecule is COc1ccc(N(C)c2nc(C)nc3ccccc23)nc1. The summed E-state index contributed by atoms with van der Waals surface area (Å²) in [6.07, 6.45) is 1.70. The van der Waals surface area contributed by atoms with Crippen LogP contribution in [0.25, 0.3) is 10.9 Å². The molecule has 0 fully saturated rings. The molecule has 0 spiro atoms. The molecule has 3 rings (SSSR count).